The molecule has 0 spiro atoms. The van der Waals surface area contributed by atoms with Gasteiger partial charge in [-0.25, -0.2) is 15.0 Å². The smallest absolute Gasteiger partial charge is 0.164 e. The SMILES string of the molecule is [2H]c1cc([2H])c2c(c1[2H])c1c([2H])c([2H])cc([2H])c1n2-c1cc(-c2nc(-c3ccccc3)nc(-c3ccc4c5ccccc5n(-c5ccccc5)c4c3)n2)ccc1-c1cccc2c1sc1ccccc12. The second-order valence-electron chi connectivity index (χ2n) is 15.5. The minimum atomic E-state index is -0.176. The Morgan fingerprint density at radius 3 is 1.75 bits per heavy atom. The minimum Gasteiger partial charge on any atom is -0.309 e. The van der Waals surface area contributed by atoms with Crippen LogP contribution in [0.2, 0.25) is 0 Å². The number of benzene rings is 9. The highest BCUT2D eigenvalue weighted by molar-refractivity contribution is 7.26. The zero-order valence-electron chi connectivity index (χ0n) is 39.4. The molecule has 5 nitrogen and oxygen atoms in total. The Morgan fingerprint density at radius 1 is 0.381 bits per heavy atom. The molecule has 0 aliphatic rings. The molecule has 0 saturated carbocycles. The van der Waals surface area contributed by atoms with Gasteiger partial charge < -0.3 is 9.13 Å². The highest BCUT2D eigenvalue weighted by atomic mass is 32.1. The first kappa shape index (κ1) is 29.9. The normalized spacial score (nSPS) is 13.1. The molecule has 9 aromatic carbocycles. The van der Waals surface area contributed by atoms with Crippen molar-refractivity contribution >= 4 is 75.1 Å². The molecule has 0 saturated heterocycles. The first-order valence-electron chi connectivity index (χ1n) is 23.7. The summed E-state index contributed by atoms with van der Waals surface area (Å²) in [6.45, 7) is 0. The van der Waals surface area contributed by atoms with Gasteiger partial charge in [-0.3, -0.25) is 0 Å². The van der Waals surface area contributed by atoms with Gasteiger partial charge in [-0.1, -0.05) is 164 Å². The molecule has 13 rings (SSSR count). The van der Waals surface area contributed by atoms with Gasteiger partial charge in [0.1, 0.15) is 0 Å². The Balaban J connectivity index is 1.11. The molecule has 6 heteroatoms. The van der Waals surface area contributed by atoms with Gasteiger partial charge in [-0.2, -0.15) is 0 Å². The van der Waals surface area contributed by atoms with Crippen molar-refractivity contribution in [2.45, 2.75) is 0 Å². The van der Waals surface area contributed by atoms with Crippen molar-refractivity contribution in [1.82, 2.24) is 24.1 Å². The average Bonchev–Trinajstić information content (AvgIpc) is 4.06. The number of aromatic nitrogens is 5. The van der Waals surface area contributed by atoms with Crippen LogP contribution in [0.5, 0.6) is 0 Å². The molecule has 0 N–H and O–H groups in total. The largest absolute Gasteiger partial charge is 0.309 e. The number of rotatable bonds is 6. The van der Waals surface area contributed by atoms with E-state index in [1.54, 1.807) is 15.9 Å². The van der Waals surface area contributed by atoms with Crippen LogP contribution in [-0.4, -0.2) is 24.1 Å². The molecule has 0 aliphatic heterocycles. The summed E-state index contributed by atoms with van der Waals surface area (Å²) in [6, 6.07) is 57.2. The summed E-state index contributed by atoms with van der Waals surface area (Å²) < 4.78 is 60.8. The zero-order chi connectivity index (χ0) is 46.7. The summed E-state index contributed by atoms with van der Waals surface area (Å²) >= 11 is 1.68. The third-order valence-electron chi connectivity index (χ3n) is 11.9. The Kier molecular flexibility index (Phi) is 6.75. The summed E-state index contributed by atoms with van der Waals surface area (Å²) in [7, 11) is 0. The van der Waals surface area contributed by atoms with E-state index >= 15 is 0 Å². The van der Waals surface area contributed by atoms with E-state index in [9.17, 15) is 5.48 Å². The Morgan fingerprint density at radius 2 is 0.984 bits per heavy atom. The minimum absolute atomic E-state index is 0.0407. The third kappa shape index (κ3) is 5.66. The van der Waals surface area contributed by atoms with Gasteiger partial charge in [0.15, 0.2) is 17.5 Å². The van der Waals surface area contributed by atoms with Crippen LogP contribution in [-0.2, 0) is 0 Å². The standard InChI is InChI=1S/C57H35N5S/c1-3-16-36(17-4-1)55-58-56(37-30-32-43-42-22-7-11-26-48(42)61(51(43)34-37)39-18-5-2-6-19-39)60-57(59-55)38-31-33-44(46-24-15-25-47-45-23-10-14-29-53(45)63-54(46)47)52(35-38)62-49-27-12-8-20-40(49)41-21-9-13-28-50(41)62/h1-35H/i8D,9D,20D,21D,27D,28D. The maximum Gasteiger partial charge on any atom is 0.164 e. The Bertz CT molecular complexity index is 4210. The van der Waals surface area contributed by atoms with Gasteiger partial charge in [0, 0.05) is 75.2 Å². The van der Waals surface area contributed by atoms with E-state index in [2.05, 4.69) is 83.4 Å². The fraction of sp³-hybridized carbons (Fsp3) is 0. The third-order valence-corrected chi connectivity index (χ3v) is 13.2. The number of para-hydroxylation sites is 4. The van der Waals surface area contributed by atoms with Gasteiger partial charge in [-0.05, 0) is 48.5 Å². The number of thiophene rings is 1. The zero-order valence-corrected chi connectivity index (χ0v) is 34.2. The molecule has 63 heavy (non-hydrogen) atoms. The second kappa shape index (κ2) is 14.2. The number of nitrogens with zero attached hydrogens (tertiary/aromatic N) is 5. The molecule has 0 fully saturated rings. The molecule has 4 aromatic heterocycles. The van der Waals surface area contributed by atoms with Crippen LogP contribution in [0.3, 0.4) is 0 Å². The van der Waals surface area contributed by atoms with Crippen LogP contribution in [0, 0.1) is 0 Å². The van der Waals surface area contributed by atoms with E-state index < -0.39 is 0 Å². The molecule has 13 aromatic rings. The molecule has 0 atom stereocenters. The highest BCUT2D eigenvalue weighted by Gasteiger charge is 2.21. The van der Waals surface area contributed by atoms with E-state index in [0.717, 1.165) is 69.9 Å². The predicted molar refractivity (Wildman–Crippen MR) is 263 cm³/mol. The summed E-state index contributed by atoms with van der Waals surface area (Å²) in [5.74, 6) is 1.33. The fourth-order valence-corrected chi connectivity index (χ4v) is 10.3. The van der Waals surface area contributed by atoms with Gasteiger partial charge in [0.2, 0.25) is 0 Å². The average molecular weight is 828 g/mol. The summed E-state index contributed by atoms with van der Waals surface area (Å²) in [5, 5.41) is 4.82. The van der Waals surface area contributed by atoms with Crippen molar-refractivity contribution in [2.24, 2.45) is 0 Å². The van der Waals surface area contributed by atoms with Gasteiger partial charge in [0.05, 0.1) is 36.0 Å². The molecule has 4 heterocycles. The van der Waals surface area contributed by atoms with Crippen LogP contribution >= 0.6 is 11.3 Å². The first-order valence-corrected chi connectivity index (χ1v) is 21.5. The molecule has 0 amide bonds. The molecule has 0 unspecified atom stereocenters. The fourth-order valence-electron chi connectivity index (χ4n) is 9.11. The lowest BCUT2D eigenvalue weighted by atomic mass is 9.98. The van der Waals surface area contributed by atoms with Crippen LogP contribution in [0.15, 0.2) is 212 Å². The van der Waals surface area contributed by atoms with Crippen molar-refractivity contribution in [3.8, 4) is 56.7 Å². The number of hydrogen-bond donors (Lipinski definition) is 0. The first-order chi connectivity index (χ1) is 33.7. The van der Waals surface area contributed by atoms with Crippen molar-refractivity contribution in [3.63, 3.8) is 0 Å². The highest BCUT2D eigenvalue weighted by Crippen LogP contribution is 2.44. The van der Waals surface area contributed by atoms with Crippen molar-refractivity contribution in [3.05, 3.63) is 212 Å². The van der Waals surface area contributed by atoms with E-state index in [0.29, 0.717) is 28.7 Å². The summed E-state index contributed by atoms with van der Waals surface area (Å²) in [4.78, 5) is 15.5. The predicted octanol–water partition coefficient (Wildman–Crippen LogP) is 15.1. The van der Waals surface area contributed by atoms with Crippen molar-refractivity contribution in [1.29, 1.82) is 0 Å². The maximum atomic E-state index is 9.40. The van der Waals surface area contributed by atoms with Crippen LogP contribution < -0.4 is 0 Å². The van der Waals surface area contributed by atoms with E-state index in [-0.39, 0.29) is 58.1 Å². The van der Waals surface area contributed by atoms with Crippen LogP contribution in [0.1, 0.15) is 8.22 Å². The quantitative estimate of drug-likeness (QED) is 0.168. The molecule has 0 aliphatic carbocycles. The molecule has 294 valence electrons. The van der Waals surface area contributed by atoms with E-state index in [1.807, 2.05) is 84.9 Å². The maximum absolute atomic E-state index is 9.40. The second-order valence-corrected chi connectivity index (χ2v) is 16.6. The van der Waals surface area contributed by atoms with Gasteiger partial charge in [-0.15, -0.1) is 11.3 Å². The number of hydrogen-bond acceptors (Lipinski definition) is 4. The Labute approximate surface area is 374 Å². The van der Waals surface area contributed by atoms with Crippen LogP contribution in [0.4, 0.5) is 0 Å². The summed E-state index contributed by atoms with van der Waals surface area (Å²) in [5.41, 5.74) is 8.12. The molecular formula is C57H35N5S. The molecule has 0 bridgehead atoms. The van der Waals surface area contributed by atoms with E-state index in [1.165, 1.54) is 12.1 Å². The van der Waals surface area contributed by atoms with Gasteiger partial charge >= 0.3 is 0 Å². The lowest BCUT2D eigenvalue weighted by molar-refractivity contribution is 1.07. The molecular weight excluding hydrogens is 787 g/mol. The van der Waals surface area contributed by atoms with Crippen LogP contribution in [0.25, 0.3) is 120 Å². The van der Waals surface area contributed by atoms with Crippen molar-refractivity contribution in [2.75, 3.05) is 0 Å². The van der Waals surface area contributed by atoms with Gasteiger partial charge in [0.25, 0.3) is 0 Å². The van der Waals surface area contributed by atoms with Crippen molar-refractivity contribution < 1.29 is 8.22 Å². The lowest BCUT2D eigenvalue weighted by Gasteiger charge is -2.17. The lowest BCUT2D eigenvalue weighted by Crippen LogP contribution is -2.02. The van der Waals surface area contributed by atoms with E-state index in [4.69, 9.17) is 17.7 Å². The summed E-state index contributed by atoms with van der Waals surface area (Å²) in [6.07, 6.45) is 0. The Hall–Kier alpha value is -8.19. The molecule has 0 radical (unpaired) electrons. The monoisotopic (exact) mass is 827 g/mol. The topological polar surface area (TPSA) is 48.5 Å². The number of fused-ring (bicyclic) bond motifs is 9.